The maximum Gasteiger partial charge on any atom is 0.200 e. The molecule has 0 amide bonds. The zero-order chi connectivity index (χ0) is 11.5. The van der Waals surface area contributed by atoms with Gasteiger partial charge in [0.2, 0.25) is 5.82 Å². The van der Waals surface area contributed by atoms with Gasteiger partial charge in [-0.2, -0.15) is 5.26 Å². The van der Waals surface area contributed by atoms with Crippen LogP contribution < -0.4 is 0 Å². The Labute approximate surface area is 91.8 Å². The van der Waals surface area contributed by atoms with E-state index in [0.717, 1.165) is 5.56 Å². The molecular formula is C10H9N5O. The summed E-state index contributed by atoms with van der Waals surface area (Å²) in [5, 5.41) is 29.0. The molecule has 16 heavy (non-hydrogen) atoms. The number of aromatic nitrogens is 4. The fourth-order valence-electron chi connectivity index (χ4n) is 1.31. The van der Waals surface area contributed by atoms with Crippen LogP contribution in [0.2, 0.25) is 0 Å². The summed E-state index contributed by atoms with van der Waals surface area (Å²) in [6, 6.07) is 7.31. The normalized spacial score (nSPS) is 10.1. The van der Waals surface area contributed by atoms with E-state index in [9.17, 15) is 0 Å². The van der Waals surface area contributed by atoms with E-state index in [1.54, 1.807) is 18.2 Å². The van der Waals surface area contributed by atoms with Crippen LogP contribution in [-0.4, -0.2) is 25.3 Å². The van der Waals surface area contributed by atoms with Crippen LogP contribution in [0.15, 0.2) is 18.2 Å². The lowest BCUT2D eigenvalue weighted by Gasteiger charge is -2.01. The Balaban J connectivity index is 2.42. The van der Waals surface area contributed by atoms with Gasteiger partial charge in [0.25, 0.3) is 0 Å². The van der Waals surface area contributed by atoms with Crippen LogP contribution in [-0.2, 0) is 6.61 Å². The smallest absolute Gasteiger partial charge is 0.200 e. The Morgan fingerprint density at radius 1 is 1.50 bits per heavy atom. The van der Waals surface area contributed by atoms with Crippen molar-refractivity contribution in [3.8, 4) is 11.8 Å². The Hall–Kier alpha value is -2.26. The molecule has 6 nitrogen and oxygen atoms in total. The molecule has 1 aromatic carbocycles. The molecule has 0 radical (unpaired) electrons. The predicted molar refractivity (Wildman–Crippen MR) is 54.5 cm³/mol. The number of benzene rings is 1. The highest BCUT2D eigenvalue weighted by molar-refractivity contribution is 5.44. The highest BCUT2D eigenvalue weighted by Crippen LogP contribution is 2.12. The molecule has 0 saturated heterocycles. The van der Waals surface area contributed by atoms with Crippen LogP contribution in [0.4, 0.5) is 0 Å². The van der Waals surface area contributed by atoms with Gasteiger partial charge in [-0.3, -0.25) is 0 Å². The van der Waals surface area contributed by atoms with Crippen LogP contribution >= 0.6 is 0 Å². The third kappa shape index (κ3) is 1.76. The minimum absolute atomic E-state index is 0.241. The van der Waals surface area contributed by atoms with Gasteiger partial charge in [-0.25, -0.2) is 0 Å². The average Bonchev–Trinajstić information content (AvgIpc) is 2.77. The van der Waals surface area contributed by atoms with Gasteiger partial charge in [-0.05, 0) is 35.9 Å². The van der Waals surface area contributed by atoms with Crippen LogP contribution in [0.1, 0.15) is 17.0 Å². The van der Waals surface area contributed by atoms with E-state index in [0.29, 0.717) is 11.3 Å². The summed E-state index contributed by atoms with van der Waals surface area (Å²) in [5.74, 6) is 0.266. The van der Waals surface area contributed by atoms with Gasteiger partial charge in [0.05, 0.1) is 17.3 Å². The molecule has 0 aliphatic carbocycles. The van der Waals surface area contributed by atoms with Crippen LogP contribution in [0, 0.1) is 18.3 Å². The molecule has 0 spiro atoms. The number of aryl methyl sites for hydroxylation is 1. The molecule has 2 rings (SSSR count). The second-order valence-electron chi connectivity index (χ2n) is 3.26. The van der Waals surface area contributed by atoms with E-state index in [-0.39, 0.29) is 12.4 Å². The molecule has 0 fully saturated rings. The second-order valence-corrected chi connectivity index (χ2v) is 3.26. The van der Waals surface area contributed by atoms with Crippen LogP contribution in [0.5, 0.6) is 0 Å². The van der Waals surface area contributed by atoms with Crippen molar-refractivity contribution in [2.75, 3.05) is 0 Å². The van der Waals surface area contributed by atoms with Crippen molar-refractivity contribution in [1.29, 1.82) is 5.26 Å². The zero-order valence-corrected chi connectivity index (χ0v) is 8.62. The Morgan fingerprint density at radius 3 is 2.88 bits per heavy atom. The van der Waals surface area contributed by atoms with E-state index in [1.807, 2.05) is 6.92 Å². The highest BCUT2D eigenvalue weighted by Gasteiger charge is 2.05. The SMILES string of the molecule is Cc1cc(-n2nnc(CO)n2)ccc1C#N. The summed E-state index contributed by atoms with van der Waals surface area (Å²) in [5.41, 5.74) is 2.18. The molecular weight excluding hydrogens is 206 g/mol. The summed E-state index contributed by atoms with van der Waals surface area (Å²) in [4.78, 5) is 1.32. The number of hydrogen-bond donors (Lipinski definition) is 1. The summed E-state index contributed by atoms with van der Waals surface area (Å²) in [6.45, 7) is 1.60. The first-order valence-corrected chi connectivity index (χ1v) is 4.65. The number of hydrogen-bond acceptors (Lipinski definition) is 5. The number of aliphatic hydroxyl groups excluding tert-OH is 1. The summed E-state index contributed by atoms with van der Waals surface area (Å²) in [6.07, 6.45) is 0. The molecule has 80 valence electrons. The van der Waals surface area contributed by atoms with E-state index < -0.39 is 0 Å². The van der Waals surface area contributed by atoms with E-state index in [2.05, 4.69) is 21.5 Å². The van der Waals surface area contributed by atoms with Crippen molar-refractivity contribution in [1.82, 2.24) is 20.2 Å². The van der Waals surface area contributed by atoms with Gasteiger partial charge < -0.3 is 5.11 Å². The fourth-order valence-corrected chi connectivity index (χ4v) is 1.31. The molecule has 0 unspecified atom stereocenters. The molecule has 6 heteroatoms. The van der Waals surface area contributed by atoms with Crippen molar-refractivity contribution in [2.24, 2.45) is 0 Å². The maximum absolute atomic E-state index is 8.81. The first-order chi connectivity index (χ1) is 7.74. The summed E-state index contributed by atoms with van der Waals surface area (Å²) < 4.78 is 0. The molecule has 1 aromatic heterocycles. The number of aliphatic hydroxyl groups is 1. The molecule has 0 bridgehead atoms. The van der Waals surface area contributed by atoms with Gasteiger partial charge in [-0.15, -0.1) is 15.0 Å². The number of tetrazole rings is 1. The molecule has 0 saturated carbocycles. The summed E-state index contributed by atoms with van der Waals surface area (Å²) in [7, 11) is 0. The molecule has 0 aliphatic rings. The molecule has 0 atom stereocenters. The molecule has 2 aromatic rings. The number of rotatable bonds is 2. The quantitative estimate of drug-likeness (QED) is 0.780. The Morgan fingerprint density at radius 2 is 2.31 bits per heavy atom. The average molecular weight is 215 g/mol. The Bertz CT molecular complexity index is 555. The molecule has 1 heterocycles. The van der Waals surface area contributed by atoms with Crippen molar-refractivity contribution in [2.45, 2.75) is 13.5 Å². The molecule has 0 aliphatic heterocycles. The lowest BCUT2D eigenvalue weighted by atomic mass is 10.1. The first-order valence-electron chi connectivity index (χ1n) is 4.65. The minimum Gasteiger partial charge on any atom is -0.388 e. The third-order valence-corrected chi connectivity index (χ3v) is 2.16. The first kappa shape index (κ1) is 10.3. The van der Waals surface area contributed by atoms with E-state index in [4.69, 9.17) is 10.4 Å². The molecule has 1 N–H and O–H groups in total. The van der Waals surface area contributed by atoms with Crippen LogP contribution in [0.25, 0.3) is 5.69 Å². The lowest BCUT2D eigenvalue weighted by Crippen LogP contribution is -2.00. The monoisotopic (exact) mass is 215 g/mol. The third-order valence-electron chi connectivity index (χ3n) is 2.16. The minimum atomic E-state index is -0.241. The Kier molecular flexibility index (Phi) is 2.62. The van der Waals surface area contributed by atoms with E-state index in [1.165, 1.54) is 4.80 Å². The van der Waals surface area contributed by atoms with E-state index >= 15 is 0 Å². The van der Waals surface area contributed by atoms with Gasteiger partial charge in [0.15, 0.2) is 0 Å². The number of nitrogens with zero attached hydrogens (tertiary/aromatic N) is 5. The fraction of sp³-hybridized carbons (Fsp3) is 0.200. The van der Waals surface area contributed by atoms with Gasteiger partial charge in [-0.1, -0.05) is 0 Å². The largest absolute Gasteiger partial charge is 0.388 e. The maximum atomic E-state index is 8.81. The topological polar surface area (TPSA) is 87.6 Å². The lowest BCUT2D eigenvalue weighted by molar-refractivity contribution is 0.271. The van der Waals surface area contributed by atoms with Crippen molar-refractivity contribution in [3.63, 3.8) is 0 Å². The highest BCUT2D eigenvalue weighted by atomic mass is 16.3. The van der Waals surface area contributed by atoms with Gasteiger partial charge >= 0.3 is 0 Å². The van der Waals surface area contributed by atoms with Crippen molar-refractivity contribution >= 4 is 0 Å². The zero-order valence-electron chi connectivity index (χ0n) is 8.62. The van der Waals surface area contributed by atoms with Crippen LogP contribution in [0.3, 0.4) is 0 Å². The van der Waals surface area contributed by atoms with Gasteiger partial charge in [0, 0.05) is 0 Å². The second kappa shape index (κ2) is 4.08. The number of nitriles is 1. The van der Waals surface area contributed by atoms with Gasteiger partial charge in [0.1, 0.15) is 6.61 Å². The van der Waals surface area contributed by atoms with Crippen molar-refractivity contribution < 1.29 is 5.11 Å². The predicted octanol–water partition coefficient (Wildman–Crippen LogP) is 0.335. The standard InChI is InChI=1S/C10H9N5O/c1-7-4-9(3-2-8(7)5-11)15-13-10(6-16)12-14-15/h2-4,16H,6H2,1H3. The van der Waals surface area contributed by atoms with Crippen molar-refractivity contribution in [3.05, 3.63) is 35.2 Å². The summed E-state index contributed by atoms with van der Waals surface area (Å²) >= 11 is 0.